The number of nitrogens with zero attached hydrogens (tertiary/aromatic N) is 1. The second-order valence-electron chi connectivity index (χ2n) is 5.00. The van der Waals surface area contributed by atoms with Crippen LogP contribution in [0.2, 0.25) is 0 Å². The zero-order valence-electron chi connectivity index (χ0n) is 14.0. The normalized spacial score (nSPS) is 14.7. The molecule has 0 aromatic carbocycles. The average molecular weight is 311 g/mol. The summed E-state index contributed by atoms with van der Waals surface area (Å²) in [6.07, 6.45) is 6.27. The molecule has 0 N–H and O–H groups in total. The van der Waals surface area contributed by atoms with E-state index in [9.17, 15) is 8.78 Å². The van der Waals surface area contributed by atoms with Gasteiger partial charge in [0, 0.05) is 23.7 Å². The predicted octanol–water partition coefficient (Wildman–Crippen LogP) is 5.64. The molecule has 0 aromatic rings. The molecular weight excluding hydrogens is 284 g/mol. The number of alkyl halides is 2. The van der Waals surface area contributed by atoms with E-state index in [1.807, 2.05) is 13.1 Å². The Hall–Kier alpha value is -1.84. The van der Waals surface area contributed by atoms with Crippen molar-refractivity contribution in [3.05, 3.63) is 60.8 Å². The van der Waals surface area contributed by atoms with Gasteiger partial charge in [-0.2, -0.15) is 0 Å². The Kier molecular flexibility index (Phi) is 9.92. The van der Waals surface area contributed by atoms with Crippen molar-refractivity contribution in [1.29, 1.82) is 0 Å². The Morgan fingerprint density at radius 1 is 1.32 bits per heavy atom. The topological polar surface area (TPSA) is 12.5 Å². The van der Waals surface area contributed by atoms with E-state index >= 15 is 0 Å². The molecule has 0 saturated heterocycles. The van der Waals surface area contributed by atoms with Gasteiger partial charge in [-0.3, -0.25) is 0 Å². The van der Waals surface area contributed by atoms with Crippen LogP contribution in [0, 0.1) is 5.92 Å². The first-order valence-electron chi connectivity index (χ1n) is 7.45. The lowest BCUT2D eigenvalue weighted by Crippen LogP contribution is -2.15. The Labute approximate surface area is 133 Å². The molecule has 22 heavy (non-hydrogen) atoms. The minimum Gasteiger partial charge on any atom is -0.502 e. The van der Waals surface area contributed by atoms with E-state index in [2.05, 4.69) is 38.7 Å². The van der Waals surface area contributed by atoms with Gasteiger partial charge in [0.15, 0.2) is 0 Å². The number of rotatable bonds is 6. The fourth-order valence-electron chi connectivity index (χ4n) is 1.76. The summed E-state index contributed by atoms with van der Waals surface area (Å²) in [4.78, 5) is 1.68. The van der Waals surface area contributed by atoms with Gasteiger partial charge in [0.1, 0.15) is 0 Å². The third kappa shape index (κ3) is 7.25. The second kappa shape index (κ2) is 10.8. The molecule has 0 amide bonds. The molecule has 1 aliphatic heterocycles. The standard InChI is InChI=1S/C14H19F2N.C4H8O/c1-5-12(10(2)3)8-17-9-13(14(15)16)7-6-11(17)4;1-3-5-4-2/h6-10,14H,4-5H2,1-3H3;3H,1,4H2,2H3/b12-8+;. The van der Waals surface area contributed by atoms with Crippen molar-refractivity contribution in [2.75, 3.05) is 6.61 Å². The van der Waals surface area contributed by atoms with Gasteiger partial charge in [0.05, 0.1) is 12.9 Å². The summed E-state index contributed by atoms with van der Waals surface area (Å²) >= 11 is 0. The van der Waals surface area contributed by atoms with E-state index in [0.29, 0.717) is 11.6 Å². The molecule has 2 nitrogen and oxygen atoms in total. The average Bonchev–Trinajstić information content (AvgIpc) is 2.47. The third-order valence-electron chi connectivity index (χ3n) is 3.08. The smallest absolute Gasteiger partial charge is 0.265 e. The number of hydrogen-bond donors (Lipinski definition) is 0. The van der Waals surface area contributed by atoms with Crippen LogP contribution in [0.5, 0.6) is 0 Å². The maximum Gasteiger partial charge on any atom is 0.265 e. The van der Waals surface area contributed by atoms with Crippen molar-refractivity contribution in [2.45, 2.75) is 40.5 Å². The molecule has 0 atom stereocenters. The first-order valence-corrected chi connectivity index (χ1v) is 7.45. The van der Waals surface area contributed by atoms with Gasteiger partial charge in [-0.25, -0.2) is 8.78 Å². The van der Waals surface area contributed by atoms with Crippen LogP contribution in [-0.2, 0) is 4.74 Å². The van der Waals surface area contributed by atoms with Crippen LogP contribution in [0.1, 0.15) is 34.1 Å². The summed E-state index contributed by atoms with van der Waals surface area (Å²) in [5.74, 6) is 0.405. The summed E-state index contributed by atoms with van der Waals surface area (Å²) < 4.78 is 29.8. The molecule has 0 fully saturated rings. The second-order valence-corrected chi connectivity index (χ2v) is 5.00. The first-order chi connectivity index (χ1) is 10.4. The van der Waals surface area contributed by atoms with Crippen LogP contribution < -0.4 is 0 Å². The Bertz CT molecular complexity index is 448. The molecule has 0 saturated carbocycles. The van der Waals surface area contributed by atoms with Crippen LogP contribution in [0.4, 0.5) is 8.78 Å². The van der Waals surface area contributed by atoms with E-state index in [-0.39, 0.29) is 5.57 Å². The fraction of sp³-hybridized carbons (Fsp3) is 0.444. The van der Waals surface area contributed by atoms with Gasteiger partial charge in [0.2, 0.25) is 0 Å². The van der Waals surface area contributed by atoms with E-state index < -0.39 is 6.43 Å². The van der Waals surface area contributed by atoms with Gasteiger partial charge in [-0.1, -0.05) is 39.5 Å². The maximum absolute atomic E-state index is 12.6. The number of hydrogen-bond acceptors (Lipinski definition) is 2. The SMILES string of the molecule is C=C1C=CC(C(F)F)=CN1/C=C(\CC)C(C)C.C=COCC. The monoisotopic (exact) mass is 311 g/mol. The fourth-order valence-corrected chi connectivity index (χ4v) is 1.76. The van der Waals surface area contributed by atoms with Crippen LogP contribution in [0.3, 0.4) is 0 Å². The molecule has 4 heteroatoms. The van der Waals surface area contributed by atoms with Gasteiger partial charge in [-0.05, 0) is 31.4 Å². The van der Waals surface area contributed by atoms with Gasteiger partial charge in [-0.15, -0.1) is 0 Å². The van der Waals surface area contributed by atoms with Gasteiger partial charge >= 0.3 is 0 Å². The van der Waals surface area contributed by atoms with Crippen LogP contribution >= 0.6 is 0 Å². The highest BCUT2D eigenvalue weighted by molar-refractivity contribution is 5.35. The van der Waals surface area contributed by atoms with E-state index in [4.69, 9.17) is 0 Å². The van der Waals surface area contributed by atoms with Crippen molar-refractivity contribution < 1.29 is 13.5 Å². The van der Waals surface area contributed by atoms with Crippen LogP contribution in [0.25, 0.3) is 0 Å². The Balaban J connectivity index is 0.000000763. The quantitative estimate of drug-likeness (QED) is 0.589. The third-order valence-corrected chi connectivity index (χ3v) is 3.08. The minimum atomic E-state index is -2.45. The highest BCUT2D eigenvalue weighted by Crippen LogP contribution is 2.23. The largest absolute Gasteiger partial charge is 0.502 e. The van der Waals surface area contributed by atoms with Crippen LogP contribution in [0.15, 0.2) is 60.8 Å². The van der Waals surface area contributed by atoms with Crippen LogP contribution in [-0.4, -0.2) is 17.9 Å². The zero-order chi connectivity index (χ0) is 17.1. The first kappa shape index (κ1) is 20.2. The maximum atomic E-state index is 12.6. The highest BCUT2D eigenvalue weighted by atomic mass is 19.3. The van der Waals surface area contributed by atoms with E-state index in [1.165, 1.54) is 24.1 Å². The number of allylic oxidation sites excluding steroid dienone is 4. The molecule has 0 aromatic heterocycles. The lowest BCUT2D eigenvalue weighted by atomic mass is 10.0. The molecule has 0 aliphatic carbocycles. The molecule has 0 unspecified atom stereocenters. The number of ether oxygens (including phenoxy) is 1. The Morgan fingerprint density at radius 3 is 2.32 bits per heavy atom. The summed E-state index contributed by atoms with van der Waals surface area (Å²) in [7, 11) is 0. The van der Waals surface area contributed by atoms with Crippen molar-refractivity contribution in [3.63, 3.8) is 0 Å². The molecule has 1 aliphatic rings. The summed E-state index contributed by atoms with van der Waals surface area (Å²) in [5, 5.41) is 0. The van der Waals surface area contributed by atoms with Gasteiger partial charge in [0.25, 0.3) is 6.43 Å². The number of halogens is 2. The molecule has 1 heterocycles. The zero-order valence-corrected chi connectivity index (χ0v) is 14.0. The molecule has 124 valence electrons. The lowest BCUT2D eigenvalue weighted by Gasteiger charge is -2.23. The molecule has 0 radical (unpaired) electrons. The summed E-state index contributed by atoms with van der Waals surface area (Å²) in [5.41, 5.74) is 1.94. The minimum absolute atomic E-state index is 0.0212. The van der Waals surface area contributed by atoms with E-state index in [1.54, 1.807) is 11.0 Å². The van der Waals surface area contributed by atoms with Crippen molar-refractivity contribution in [1.82, 2.24) is 4.90 Å². The summed E-state index contributed by atoms with van der Waals surface area (Å²) in [6, 6.07) is 0. The molecular formula is C18H27F2NO. The lowest BCUT2D eigenvalue weighted by molar-refractivity contribution is 0.192. The van der Waals surface area contributed by atoms with E-state index in [0.717, 1.165) is 13.0 Å². The molecule has 0 bridgehead atoms. The van der Waals surface area contributed by atoms with Crippen molar-refractivity contribution >= 4 is 0 Å². The molecule has 0 spiro atoms. The predicted molar refractivity (Wildman–Crippen MR) is 89.2 cm³/mol. The van der Waals surface area contributed by atoms with Gasteiger partial charge < -0.3 is 9.64 Å². The van der Waals surface area contributed by atoms with Crippen molar-refractivity contribution in [3.8, 4) is 0 Å². The molecule has 1 rings (SSSR count). The highest BCUT2D eigenvalue weighted by Gasteiger charge is 2.15. The van der Waals surface area contributed by atoms with Crippen molar-refractivity contribution in [2.24, 2.45) is 5.92 Å². The summed E-state index contributed by atoms with van der Waals surface area (Å²) in [6.45, 7) is 16.1. The Morgan fingerprint density at radius 2 is 1.95 bits per heavy atom.